The number of hydrogen-bond acceptors (Lipinski definition) is 4. The zero-order chi connectivity index (χ0) is 15.8. The molecular formula is C16H20N2O4. The van der Waals surface area contributed by atoms with E-state index in [1.807, 2.05) is 30.3 Å². The van der Waals surface area contributed by atoms with Gasteiger partial charge in [0.2, 0.25) is 0 Å². The van der Waals surface area contributed by atoms with Crippen molar-refractivity contribution < 1.29 is 19.1 Å². The number of carbonyl (C=O) groups excluding carboxylic acids is 1. The van der Waals surface area contributed by atoms with Crippen LogP contribution in [0.15, 0.2) is 53.1 Å². The molecule has 2 atom stereocenters. The van der Waals surface area contributed by atoms with Gasteiger partial charge in [-0.1, -0.05) is 30.3 Å². The molecule has 0 aliphatic carbocycles. The average molecular weight is 304 g/mol. The Balaban J connectivity index is 1.98. The smallest absolute Gasteiger partial charge is 0.316 e. The van der Waals surface area contributed by atoms with Crippen LogP contribution in [0, 0.1) is 0 Å². The number of carbonyl (C=O) groups is 1. The number of aliphatic hydroxyl groups is 1. The fourth-order valence-electron chi connectivity index (χ4n) is 2.13. The summed E-state index contributed by atoms with van der Waals surface area (Å²) in [7, 11) is 1.55. The Kier molecular flexibility index (Phi) is 6.00. The molecule has 0 aliphatic rings. The third-order valence-electron chi connectivity index (χ3n) is 3.22. The van der Waals surface area contributed by atoms with Gasteiger partial charge in [-0.2, -0.15) is 0 Å². The fourth-order valence-corrected chi connectivity index (χ4v) is 2.13. The Morgan fingerprint density at radius 3 is 2.50 bits per heavy atom. The Bertz CT molecular complexity index is 551. The van der Waals surface area contributed by atoms with Gasteiger partial charge in [0, 0.05) is 7.11 Å². The van der Waals surface area contributed by atoms with Crippen molar-refractivity contribution in [2.75, 3.05) is 20.3 Å². The van der Waals surface area contributed by atoms with E-state index in [1.54, 1.807) is 19.2 Å². The lowest BCUT2D eigenvalue weighted by molar-refractivity contribution is 0.155. The molecule has 6 heteroatoms. The molecule has 0 saturated carbocycles. The van der Waals surface area contributed by atoms with E-state index in [0.29, 0.717) is 5.76 Å². The van der Waals surface area contributed by atoms with Crippen LogP contribution in [-0.2, 0) is 4.74 Å². The number of hydrogen-bond donors (Lipinski definition) is 3. The van der Waals surface area contributed by atoms with E-state index in [2.05, 4.69) is 10.6 Å². The highest BCUT2D eigenvalue weighted by molar-refractivity contribution is 5.75. The van der Waals surface area contributed by atoms with Crippen molar-refractivity contribution in [3.63, 3.8) is 0 Å². The molecule has 0 fully saturated rings. The summed E-state index contributed by atoms with van der Waals surface area (Å²) in [5, 5.41) is 15.0. The number of methoxy groups -OCH3 is 1. The first-order chi connectivity index (χ1) is 10.7. The zero-order valence-corrected chi connectivity index (χ0v) is 12.4. The molecule has 2 amide bonds. The number of ether oxygens (including phenoxy) is 1. The lowest BCUT2D eigenvalue weighted by atomic mass is 10.1. The highest BCUT2D eigenvalue weighted by Gasteiger charge is 2.19. The number of nitrogens with one attached hydrogen (secondary N) is 2. The summed E-state index contributed by atoms with van der Waals surface area (Å²) >= 11 is 0. The van der Waals surface area contributed by atoms with Gasteiger partial charge in [0.25, 0.3) is 0 Å². The van der Waals surface area contributed by atoms with Gasteiger partial charge in [0.1, 0.15) is 11.8 Å². The van der Waals surface area contributed by atoms with Crippen LogP contribution >= 0.6 is 0 Å². The predicted molar refractivity (Wildman–Crippen MR) is 81.3 cm³/mol. The summed E-state index contributed by atoms with van der Waals surface area (Å²) in [6.07, 6.45) is 1.54. The SMILES string of the molecule is COCC(NC(=O)NC(CO)c1ccccc1)c1ccco1. The van der Waals surface area contributed by atoms with Gasteiger partial charge >= 0.3 is 6.03 Å². The van der Waals surface area contributed by atoms with Crippen LogP contribution < -0.4 is 10.6 Å². The highest BCUT2D eigenvalue weighted by atomic mass is 16.5. The number of aliphatic hydroxyl groups excluding tert-OH is 1. The van der Waals surface area contributed by atoms with Crippen LogP contribution in [0.3, 0.4) is 0 Å². The van der Waals surface area contributed by atoms with Crippen molar-refractivity contribution in [3.8, 4) is 0 Å². The maximum absolute atomic E-state index is 12.1. The van der Waals surface area contributed by atoms with Crippen LogP contribution in [0.4, 0.5) is 4.79 Å². The number of rotatable bonds is 7. The van der Waals surface area contributed by atoms with Gasteiger partial charge in [0.05, 0.1) is 25.5 Å². The molecule has 2 rings (SSSR count). The second-order valence-corrected chi connectivity index (χ2v) is 4.79. The van der Waals surface area contributed by atoms with E-state index in [4.69, 9.17) is 9.15 Å². The van der Waals surface area contributed by atoms with Crippen LogP contribution in [0.25, 0.3) is 0 Å². The van der Waals surface area contributed by atoms with E-state index in [1.165, 1.54) is 6.26 Å². The lowest BCUT2D eigenvalue weighted by Crippen LogP contribution is -2.42. The number of furan rings is 1. The van der Waals surface area contributed by atoms with Crippen molar-refractivity contribution in [1.29, 1.82) is 0 Å². The molecule has 1 aromatic heterocycles. The number of benzene rings is 1. The third-order valence-corrected chi connectivity index (χ3v) is 3.22. The standard InChI is InChI=1S/C16H20N2O4/c1-21-11-14(15-8-5-9-22-15)18-16(20)17-13(10-19)12-6-3-2-4-7-12/h2-9,13-14,19H,10-11H2,1H3,(H2,17,18,20). The Morgan fingerprint density at radius 2 is 1.91 bits per heavy atom. The van der Waals surface area contributed by atoms with Crippen molar-refractivity contribution in [3.05, 3.63) is 60.1 Å². The van der Waals surface area contributed by atoms with E-state index in [0.717, 1.165) is 5.56 Å². The third kappa shape index (κ3) is 4.34. The first-order valence-corrected chi connectivity index (χ1v) is 6.99. The summed E-state index contributed by atoms with van der Waals surface area (Å²) in [5.41, 5.74) is 0.835. The van der Waals surface area contributed by atoms with E-state index in [9.17, 15) is 9.90 Å². The van der Waals surface area contributed by atoms with Gasteiger partial charge in [-0.15, -0.1) is 0 Å². The molecule has 0 saturated heterocycles. The number of urea groups is 1. The monoisotopic (exact) mass is 304 g/mol. The molecular weight excluding hydrogens is 284 g/mol. The predicted octanol–water partition coefficient (Wildman–Crippen LogP) is 2.00. The summed E-state index contributed by atoms with van der Waals surface area (Å²) < 4.78 is 10.4. The van der Waals surface area contributed by atoms with Crippen molar-refractivity contribution in [2.45, 2.75) is 12.1 Å². The first-order valence-electron chi connectivity index (χ1n) is 6.99. The van der Waals surface area contributed by atoms with E-state index >= 15 is 0 Å². The molecule has 0 bridgehead atoms. The summed E-state index contributed by atoms with van der Waals surface area (Å²) in [6, 6.07) is 11.5. The minimum Gasteiger partial charge on any atom is -0.467 e. The second-order valence-electron chi connectivity index (χ2n) is 4.79. The molecule has 1 aromatic carbocycles. The van der Waals surface area contributed by atoms with Crippen molar-refractivity contribution in [1.82, 2.24) is 10.6 Å². The van der Waals surface area contributed by atoms with Gasteiger partial charge in [-0.3, -0.25) is 0 Å². The number of amides is 2. The molecule has 0 radical (unpaired) electrons. The summed E-state index contributed by atoms with van der Waals surface area (Å²) in [5.74, 6) is 0.609. The quantitative estimate of drug-likeness (QED) is 0.730. The zero-order valence-electron chi connectivity index (χ0n) is 12.4. The molecule has 22 heavy (non-hydrogen) atoms. The fraction of sp³-hybridized carbons (Fsp3) is 0.312. The topological polar surface area (TPSA) is 83.7 Å². The molecule has 2 aromatic rings. The molecule has 3 N–H and O–H groups in total. The van der Waals surface area contributed by atoms with E-state index in [-0.39, 0.29) is 13.2 Å². The molecule has 118 valence electrons. The van der Waals surface area contributed by atoms with E-state index < -0.39 is 18.1 Å². The summed E-state index contributed by atoms with van der Waals surface area (Å²) in [6.45, 7) is 0.100. The Morgan fingerprint density at radius 1 is 1.18 bits per heavy atom. The van der Waals surface area contributed by atoms with Gasteiger partial charge in [-0.05, 0) is 17.7 Å². The molecule has 0 spiro atoms. The second kappa shape index (κ2) is 8.21. The van der Waals surface area contributed by atoms with Crippen LogP contribution in [0.1, 0.15) is 23.4 Å². The van der Waals surface area contributed by atoms with Gasteiger partial charge < -0.3 is 24.9 Å². The maximum Gasteiger partial charge on any atom is 0.316 e. The first kappa shape index (κ1) is 16.1. The van der Waals surface area contributed by atoms with Gasteiger partial charge in [0.15, 0.2) is 0 Å². The molecule has 0 aliphatic heterocycles. The minimum absolute atomic E-state index is 0.187. The lowest BCUT2D eigenvalue weighted by Gasteiger charge is -2.20. The van der Waals surface area contributed by atoms with Gasteiger partial charge in [-0.25, -0.2) is 4.79 Å². The molecule has 2 unspecified atom stereocenters. The normalized spacial score (nSPS) is 13.4. The minimum atomic E-state index is -0.471. The van der Waals surface area contributed by atoms with Crippen LogP contribution in [0.5, 0.6) is 0 Å². The maximum atomic E-state index is 12.1. The Hall–Kier alpha value is -2.31. The molecule has 1 heterocycles. The van der Waals surface area contributed by atoms with Crippen LogP contribution in [0.2, 0.25) is 0 Å². The van der Waals surface area contributed by atoms with Crippen molar-refractivity contribution in [2.24, 2.45) is 0 Å². The Labute approximate surface area is 129 Å². The van der Waals surface area contributed by atoms with Crippen LogP contribution in [-0.4, -0.2) is 31.5 Å². The highest BCUT2D eigenvalue weighted by Crippen LogP contribution is 2.15. The summed E-state index contributed by atoms with van der Waals surface area (Å²) in [4.78, 5) is 12.1. The molecule has 6 nitrogen and oxygen atoms in total. The average Bonchev–Trinajstić information content (AvgIpc) is 3.07. The largest absolute Gasteiger partial charge is 0.467 e. The van der Waals surface area contributed by atoms with Crippen molar-refractivity contribution >= 4 is 6.03 Å².